The monoisotopic (exact) mass is 283 g/mol. The summed E-state index contributed by atoms with van der Waals surface area (Å²) >= 11 is 0. The van der Waals surface area contributed by atoms with Crippen LogP contribution in [-0.2, 0) is 6.54 Å². The van der Waals surface area contributed by atoms with Crippen molar-refractivity contribution < 1.29 is 4.79 Å². The Balaban J connectivity index is 1.83. The predicted octanol–water partition coefficient (Wildman–Crippen LogP) is 3.83. The highest BCUT2D eigenvalue weighted by atomic mass is 16.2. The number of anilines is 2. The standard InChI is InChI=1S/C17H21N3O/c1-2-12-18-13-14-8-10-16(11-9-14)20-17(21)19-15-6-4-3-5-7-15/h3-11,18H,2,12-13H2,1H3,(H2,19,20,21). The van der Waals surface area contributed by atoms with Crippen LogP contribution in [-0.4, -0.2) is 12.6 Å². The molecule has 0 saturated heterocycles. The normalized spacial score (nSPS) is 10.1. The lowest BCUT2D eigenvalue weighted by molar-refractivity contribution is 0.262. The van der Waals surface area contributed by atoms with Crippen LogP contribution >= 0.6 is 0 Å². The summed E-state index contributed by atoms with van der Waals surface area (Å²) in [7, 11) is 0. The molecular weight excluding hydrogens is 262 g/mol. The molecule has 0 aliphatic heterocycles. The van der Waals surface area contributed by atoms with Crippen LogP contribution in [0.2, 0.25) is 0 Å². The van der Waals surface area contributed by atoms with Crippen molar-refractivity contribution in [3.8, 4) is 0 Å². The fraction of sp³-hybridized carbons (Fsp3) is 0.235. The van der Waals surface area contributed by atoms with Crippen molar-refractivity contribution in [2.75, 3.05) is 17.2 Å². The first-order valence-corrected chi connectivity index (χ1v) is 7.20. The minimum Gasteiger partial charge on any atom is -0.313 e. The van der Waals surface area contributed by atoms with Gasteiger partial charge in [-0.05, 0) is 42.8 Å². The molecule has 2 rings (SSSR count). The summed E-state index contributed by atoms with van der Waals surface area (Å²) in [5.41, 5.74) is 2.76. The first-order chi connectivity index (χ1) is 10.3. The van der Waals surface area contributed by atoms with Gasteiger partial charge in [-0.2, -0.15) is 0 Å². The molecule has 0 aromatic heterocycles. The van der Waals surface area contributed by atoms with E-state index in [9.17, 15) is 4.79 Å². The van der Waals surface area contributed by atoms with Crippen molar-refractivity contribution in [1.29, 1.82) is 0 Å². The van der Waals surface area contributed by atoms with Gasteiger partial charge in [0, 0.05) is 17.9 Å². The van der Waals surface area contributed by atoms with Crippen molar-refractivity contribution in [3.05, 3.63) is 60.2 Å². The molecule has 4 heteroatoms. The van der Waals surface area contributed by atoms with E-state index in [0.29, 0.717) is 0 Å². The Morgan fingerprint density at radius 3 is 2.14 bits per heavy atom. The van der Waals surface area contributed by atoms with Crippen molar-refractivity contribution >= 4 is 17.4 Å². The number of rotatable bonds is 6. The molecule has 0 spiro atoms. The number of benzene rings is 2. The molecule has 0 unspecified atom stereocenters. The van der Waals surface area contributed by atoms with E-state index in [2.05, 4.69) is 22.9 Å². The summed E-state index contributed by atoms with van der Waals surface area (Å²) in [6, 6.07) is 17.0. The van der Waals surface area contributed by atoms with Crippen LogP contribution < -0.4 is 16.0 Å². The van der Waals surface area contributed by atoms with Crippen molar-refractivity contribution in [2.24, 2.45) is 0 Å². The van der Waals surface area contributed by atoms with Crippen LogP contribution in [0.15, 0.2) is 54.6 Å². The van der Waals surface area contributed by atoms with Gasteiger partial charge in [0.05, 0.1) is 0 Å². The molecule has 21 heavy (non-hydrogen) atoms. The molecule has 0 atom stereocenters. The molecule has 0 saturated carbocycles. The molecule has 3 N–H and O–H groups in total. The van der Waals surface area contributed by atoms with Gasteiger partial charge in [-0.15, -0.1) is 0 Å². The lowest BCUT2D eigenvalue weighted by atomic mass is 10.2. The number of hydrogen-bond donors (Lipinski definition) is 3. The lowest BCUT2D eigenvalue weighted by Crippen LogP contribution is -2.19. The molecule has 0 bridgehead atoms. The van der Waals surface area contributed by atoms with E-state index >= 15 is 0 Å². The number of carbonyl (C=O) groups is 1. The Bertz CT molecular complexity index is 552. The Morgan fingerprint density at radius 1 is 0.905 bits per heavy atom. The summed E-state index contributed by atoms with van der Waals surface area (Å²) in [5, 5.41) is 8.94. The molecule has 0 heterocycles. The highest BCUT2D eigenvalue weighted by Gasteiger charge is 2.02. The van der Waals surface area contributed by atoms with E-state index in [0.717, 1.165) is 30.9 Å². The summed E-state index contributed by atoms with van der Waals surface area (Å²) in [4.78, 5) is 11.8. The van der Waals surface area contributed by atoms with Gasteiger partial charge in [-0.1, -0.05) is 37.3 Å². The first-order valence-electron chi connectivity index (χ1n) is 7.20. The second-order valence-electron chi connectivity index (χ2n) is 4.82. The van der Waals surface area contributed by atoms with Crippen LogP contribution in [0.25, 0.3) is 0 Å². The van der Waals surface area contributed by atoms with Crippen LogP contribution in [0.1, 0.15) is 18.9 Å². The maximum Gasteiger partial charge on any atom is 0.323 e. The second kappa shape index (κ2) is 8.07. The Labute approximate surface area is 125 Å². The summed E-state index contributed by atoms with van der Waals surface area (Å²) < 4.78 is 0. The average molecular weight is 283 g/mol. The molecule has 2 aromatic rings. The van der Waals surface area contributed by atoms with Crippen molar-refractivity contribution in [2.45, 2.75) is 19.9 Å². The topological polar surface area (TPSA) is 53.2 Å². The van der Waals surface area contributed by atoms with Crippen LogP contribution in [0, 0.1) is 0 Å². The zero-order valence-corrected chi connectivity index (χ0v) is 12.2. The fourth-order valence-corrected chi connectivity index (χ4v) is 1.93. The second-order valence-corrected chi connectivity index (χ2v) is 4.82. The largest absolute Gasteiger partial charge is 0.323 e. The fourth-order valence-electron chi connectivity index (χ4n) is 1.93. The third-order valence-electron chi connectivity index (χ3n) is 3.00. The highest BCUT2D eigenvalue weighted by Crippen LogP contribution is 2.11. The molecule has 0 aliphatic rings. The third-order valence-corrected chi connectivity index (χ3v) is 3.00. The molecule has 2 aromatic carbocycles. The van der Waals surface area contributed by atoms with E-state index < -0.39 is 0 Å². The zero-order valence-electron chi connectivity index (χ0n) is 12.2. The quantitative estimate of drug-likeness (QED) is 0.706. The third kappa shape index (κ3) is 5.28. The van der Waals surface area contributed by atoms with Gasteiger partial charge >= 0.3 is 6.03 Å². The number of para-hydroxylation sites is 1. The minimum atomic E-state index is -0.238. The molecule has 0 radical (unpaired) electrons. The van der Waals surface area contributed by atoms with Gasteiger partial charge in [0.2, 0.25) is 0 Å². The molecular formula is C17H21N3O. The Morgan fingerprint density at radius 2 is 1.52 bits per heavy atom. The number of nitrogens with one attached hydrogen (secondary N) is 3. The average Bonchev–Trinajstić information content (AvgIpc) is 2.50. The van der Waals surface area contributed by atoms with Gasteiger partial charge in [0.1, 0.15) is 0 Å². The predicted molar refractivity (Wildman–Crippen MR) is 87.5 cm³/mol. The SMILES string of the molecule is CCCNCc1ccc(NC(=O)Nc2ccccc2)cc1. The van der Waals surface area contributed by atoms with E-state index in [1.165, 1.54) is 5.56 Å². The van der Waals surface area contributed by atoms with Crippen LogP contribution in [0.4, 0.5) is 16.2 Å². The van der Waals surface area contributed by atoms with Gasteiger partial charge in [-0.3, -0.25) is 0 Å². The maximum atomic E-state index is 11.8. The maximum absolute atomic E-state index is 11.8. The summed E-state index contributed by atoms with van der Waals surface area (Å²) in [6.45, 7) is 4.01. The molecule has 4 nitrogen and oxygen atoms in total. The van der Waals surface area contributed by atoms with Gasteiger partial charge in [0.25, 0.3) is 0 Å². The lowest BCUT2D eigenvalue weighted by Gasteiger charge is -2.08. The van der Waals surface area contributed by atoms with Gasteiger partial charge in [-0.25, -0.2) is 4.79 Å². The highest BCUT2D eigenvalue weighted by molar-refractivity contribution is 5.99. The number of carbonyl (C=O) groups excluding carboxylic acids is 1. The van der Waals surface area contributed by atoms with Crippen molar-refractivity contribution in [3.63, 3.8) is 0 Å². The van der Waals surface area contributed by atoms with E-state index in [1.54, 1.807) is 0 Å². The van der Waals surface area contributed by atoms with Crippen molar-refractivity contribution in [1.82, 2.24) is 5.32 Å². The van der Waals surface area contributed by atoms with Gasteiger partial charge < -0.3 is 16.0 Å². The smallest absolute Gasteiger partial charge is 0.313 e. The first kappa shape index (κ1) is 15.1. The van der Waals surface area contributed by atoms with E-state index in [4.69, 9.17) is 0 Å². The van der Waals surface area contributed by atoms with Gasteiger partial charge in [0.15, 0.2) is 0 Å². The van der Waals surface area contributed by atoms with E-state index in [1.807, 2.05) is 54.6 Å². The number of amides is 2. The minimum absolute atomic E-state index is 0.238. The molecule has 0 fully saturated rings. The number of urea groups is 1. The molecule has 110 valence electrons. The molecule has 0 aliphatic carbocycles. The van der Waals surface area contributed by atoms with Crippen LogP contribution in [0.3, 0.4) is 0 Å². The van der Waals surface area contributed by atoms with E-state index in [-0.39, 0.29) is 6.03 Å². The summed E-state index contributed by atoms with van der Waals surface area (Å²) in [5.74, 6) is 0. The Hall–Kier alpha value is -2.33. The molecule has 2 amide bonds. The Kier molecular flexibility index (Phi) is 5.79. The van der Waals surface area contributed by atoms with Crippen LogP contribution in [0.5, 0.6) is 0 Å². The zero-order chi connectivity index (χ0) is 14.9. The number of hydrogen-bond acceptors (Lipinski definition) is 2. The summed E-state index contributed by atoms with van der Waals surface area (Å²) in [6.07, 6.45) is 1.12.